The van der Waals surface area contributed by atoms with Gasteiger partial charge in [0.1, 0.15) is 11.6 Å². The Labute approximate surface area is 115 Å². The summed E-state index contributed by atoms with van der Waals surface area (Å²) in [5.74, 6) is 0.735. The second kappa shape index (κ2) is 6.21. The lowest BCUT2D eigenvalue weighted by atomic mass is 10.2. The van der Waals surface area contributed by atoms with Gasteiger partial charge in [0, 0.05) is 5.75 Å². The highest BCUT2D eigenvalue weighted by Crippen LogP contribution is 2.18. The van der Waals surface area contributed by atoms with E-state index in [1.807, 2.05) is 43.3 Å². The van der Waals surface area contributed by atoms with E-state index >= 15 is 0 Å². The zero-order chi connectivity index (χ0) is 13.7. The van der Waals surface area contributed by atoms with Crippen LogP contribution in [-0.2, 0) is 12.2 Å². The number of H-pyrrole nitrogens is 1. The molecule has 2 rings (SSSR count). The molecule has 19 heavy (non-hydrogen) atoms. The number of aromatic amines is 1. The van der Waals surface area contributed by atoms with Gasteiger partial charge in [-0.15, -0.1) is 0 Å². The van der Waals surface area contributed by atoms with Crippen molar-refractivity contribution in [1.29, 1.82) is 5.26 Å². The van der Waals surface area contributed by atoms with Gasteiger partial charge in [-0.1, -0.05) is 49.0 Å². The van der Waals surface area contributed by atoms with Crippen molar-refractivity contribution < 1.29 is 0 Å². The second-order valence-corrected chi connectivity index (χ2v) is 4.90. The molecular formula is C14H13N3OS. The van der Waals surface area contributed by atoms with E-state index in [0.717, 1.165) is 11.3 Å². The minimum absolute atomic E-state index is 0.117. The van der Waals surface area contributed by atoms with Crippen molar-refractivity contribution in [1.82, 2.24) is 9.97 Å². The van der Waals surface area contributed by atoms with Crippen LogP contribution in [0.15, 0.2) is 40.3 Å². The van der Waals surface area contributed by atoms with Gasteiger partial charge in [0.15, 0.2) is 5.16 Å². The van der Waals surface area contributed by atoms with E-state index in [9.17, 15) is 4.79 Å². The molecule has 0 aliphatic carbocycles. The standard InChI is InChI=1S/C14H13N3OS/c1-2-12-11(8-15)13(18)17-14(16-12)19-9-10-6-4-3-5-7-10/h3-7H,2,9H2,1H3,(H,16,17,18). The van der Waals surface area contributed by atoms with E-state index in [4.69, 9.17) is 5.26 Å². The maximum Gasteiger partial charge on any atom is 0.269 e. The van der Waals surface area contributed by atoms with Crippen LogP contribution in [0.4, 0.5) is 0 Å². The Morgan fingerprint density at radius 2 is 2.11 bits per heavy atom. The van der Waals surface area contributed by atoms with Gasteiger partial charge in [0.25, 0.3) is 5.56 Å². The Morgan fingerprint density at radius 3 is 2.74 bits per heavy atom. The molecule has 0 saturated heterocycles. The number of rotatable bonds is 4. The first-order chi connectivity index (χ1) is 9.24. The summed E-state index contributed by atoms with van der Waals surface area (Å²) in [7, 11) is 0. The van der Waals surface area contributed by atoms with Crippen LogP contribution < -0.4 is 5.56 Å². The number of hydrogen-bond donors (Lipinski definition) is 1. The molecule has 0 amide bonds. The number of benzene rings is 1. The van der Waals surface area contributed by atoms with Gasteiger partial charge in [-0.3, -0.25) is 4.79 Å². The van der Waals surface area contributed by atoms with E-state index in [2.05, 4.69) is 9.97 Å². The Balaban J connectivity index is 2.21. The van der Waals surface area contributed by atoms with Crippen LogP contribution >= 0.6 is 11.8 Å². The van der Waals surface area contributed by atoms with Gasteiger partial charge in [0.05, 0.1) is 5.69 Å². The quantitative estimate of drug-likeness (QED) is 0.685. The zero-order valence-electron chi connectivity index (χ0n) is 10.5. The largest absolute Gasteiger partial charge is 0.300 e. The fourth-order valence-corrected chi connectivity index (χ4v) is 2.50. The van der Waals surface area contributed by atoms with Crippen molar-refractivity contribution in [3.63, 3.8) is 0 Å². The highest BCUT2D eigenvalue weighted by atomic mass is 32.2. The molecule has 1 N–H and O–H groups in total. The molecular weight excluding hydrogens is 258 g/mol. The van der Waals surface area contributed by atoms with Crippen LogP contribution in [0.5, 0.6) is 0 Å². The summed E-state index contributed by atoms with van der Waals surface area (Å²) >= 11 is 1.46. The normalized spacial score (nSPS) is 10.1. The van der Waals surface area contributed by atoms with Gasteiger partial charge in [0.2, 0.25) is 0 Å². The molecule has 1 aromatic carbocycles. The molecule has 0 spiro atoms. The molecule has 0 saturated carbocycles. The van der Waals surface area contributed by atoms with Crippen LogP contribution in [0.1, 0.15) is 23.7 Å². The van der Waals surface area contributed by atoms with Crippen molar-refractivity contribution in [3.05, 3.63) is 57.5 Å². The number of nitrogens with one attached hydrogen (secondary N) is 1. The molecule has 0 bridgehead atoms. The van der Waals surface area contributed by atoms with E-state index in [1.54, 1.807) is 0 Å². The molecule has 0 fully saturated rings. The number of nitriles is 1. The van der Waals surface area contributed by atoms with Crippen molar-refractivity contribution in [2.75, 3.05) is 0 Å². The lowest BCUT2D eigenvalue weighted by Gasteiger charge is -2.04. The summed E-state index contributed by atoms with van der Waals surface area (Å²) in [4.78, 5) is 18.7. The Morgan fingerprint density at radius 1 is 1.37 bits per heavy atom. The van der Waals surface area contributed by atoms with E-state index in [1.165, 1.54) is 11.8 Å². The minimum Gasteiger partial charge on any atom is -0.300 e. The Hall–Kier alpha value is -2.06. The highest BCUT2D eigenvalue weighted by molar-refractivity contribution is 7.98. The fraction of sp³-hybridized carbons (Fsp3) is 0.214. The summed E-state index contributed by atoms with van der Waals surface area (Å²) in [6.45, 7) is 1.88. The van der Waals surface area contributed by atoms with Crippen LogP contribution in [-0.4, -0.2) is 9.97 Å². The van der Waals surface area contributed by atoms with Gasteiger partial charge in [-0.25, -0.2) is 4.98 Å². The number of nitrogens with zero attached hydrogens (tertiary/aromatic N) is 2. The maximum absolute atomic E-state index is 11.7. The van der Waals surface area contributed by atoms with Gasteiger partial charge in [-0.05, 0) is 12.0 Å². The van der Waals surface area contributed by atoms with Gasteiger partial charge in [-0.2, -0.15) is 5.26 Å². The third-order valence-corrected chi connectivity index (χ3v) is 3.58. The molecule has 0 atom stereocenters. The molecule has 0 aliphatic rings. The first-order valence-corrected chi connectivity index (χ1v) is 6.93. The molecule has 0 radical (unpaired) electrons. The summed E-state index contributed by atoms with van der Waals surface area (Å²) in [6, 6.07) is 11.9. The van der Waals surface area contributed by atoms with E-state index < -0.39 is 0 Å². The van der Waals surface area contributed by atoms with Crippen molar-refractivity contribution in [3.8, 4) is 6.07 Å². The monoisotopic (exact) mass is 271 g/mol. The molecule has 0 unspecified atom stereocenters. The minimum atomic E-state index is -0.357. The van der Waals surface area contributed by atoms with Crippen molar-refractivity contribution in [2.45, 2.75) is 24.3 Å². The second-order valence-electron chi connectivity index (χ2n) is 3.93. The summed E-state index contributed by atoms with van der Waals surface area (Å²) in [5, 5.41) is 9.47. The van der Waals surface area contributed by atoms with Crippen LogP contribution in [0.25, 0.3) is 0 Å². The SMILES string of the molecule is CCc1nc(SCc2ccccc2)[nH]c(=O)c1C#N. The predicted octanol–water partition coefficient (Wildman–Crippen LogP) is 2.50. The third-order valence-electron chi connectivity index (χ3n) is 2.64. The summed E-state index contributed by atoms with van der Waals surface area (Å²) in [6.07, 6.45) is 0.575. The average molecular weight is 271 g/mol. The van der Waals surface area contributed by atoms with Gasteiger partial charge < -0.3 is 4.98 Å². The molecule has 1 heterocycles. The molecule has 0 aliphatic heterocycles. The van der Waals surface area contributed by atoms with Gasteiger partial charge >= 0.3 is 0 Å². The number of aryl methyl sites for hydroxylation is 1. The topological polar surface area (TPSA) is 69.5 Å². The van der Waals surface area contributed by atoms with Crippen LogP contribution in [0.3, 0.4) is 0 Å². The third kappa shape index (κ3) is 3.24. The maximum atomic E-state index is 11.7. The van der Waals surface area contributed by atoms with Crippen LogP contribution in [0.2, 0.25) is 0 Å². The predicted molar refractivity (Wildman–Crippen MR) is 75.0 cm³/mol. The lowest BCUT2D eigenvalue weighted by Crippen LogP contribution is -2.16. The number of thioether (sulfide) groups is 1. The van der Waals surface area contributed by atoms with E-state index in [0.29, 0.717) is 17.3 Å². The Bertz CT molecular complexity index is 659. The van der Waals surface area contributed by atoms with Crippen molar-refractivity contribution in [2.24, 2.45) is 0 Å². The summed E-state index contributed by atoms with van der Waals surface area (Å²) in [5.41, 5.74) is 1.48. The summed E-state index contributed by atoms with van der Waals surface area (Å²) < 4.78 is 0. The lowest BCUT2D eigenvalue weighted by molar-refractivity contribution is 0.859. The average Bonchev–Trinajstić information content (AvgIpc) is 2.45. The van der Waals surface area contributed by atoms with Crippen molar-refractivity contribution >= 4 is 11.8 Å². The molecule has 2 aromatic rings. The zero-order valence-corrected chi connectivity index (χ0v) is 11.3. The van der Waals surface area contributed by atoms with E-state index in [-0.39, 0.29) is 11.1 Å². The molecule has 5 heteroatoms. The fourth-order valence-electron chi connectivity index (χ4n) is 1.66. The van der Waals surface area contributed by atoms with Crippen LogP contribution in [0, 0.1) is 11.3 Å². The Kier molecular flexibility index (Phi) is 4.37. The highest BCUT2D eigenvalue weighted by Gasteiger charge is 2.09. The molecule has 4 nitrogen and oxygen atoms in total. The smallest absolute Gasteiger partial charge is 0.269 e. The molecule has 96 valence electrons. The number of hydrogen-bond acceptors (Lipinski definition) is 4. The number of aromatic nitrogens is 2. The first-order valence-electron chi connectivity index (χ1n) is 5.94. The first kappa shape index (κ1) is 13.4. The molecule has 1 aromatic heterocycles.